The molecule has 4 nitrogen and oxygen atoms in total. The van der Waals surface area contributed by atoms with Crippen LogP contribution in [0.1, 0.15) is 80.4 Å². The predicted molar refractivity (Wildman–Crippen MR) is 157 cm³/mol. The van der Waals surface area contributed by atoms with Crippen LogP contribution in [0.4, 0.5) is 0 Å². The molecule has 2 fully saturated rings. The van der Waals surface area contributed by atoms with Crippen molar-refractivity contribution >= 4 is 29.2 Å². The molecule has 37 heavy (non-hydrogen) atoms. The Labute approximate surface area is 229 Å². The largest absolute Gasteiger partial charge is 0.356 e. The Morgan fingerprint density at radius 1 is 1.00 bits per heavy atom. The molecule has 5 rings (SSSR count). The lowest BCUT2D eigenvalue weighted by Crippen LogP contribution is -2.31. The first-order chi connectivity index (χ1) is 17.7. The molecule has 2 aromatic carbocycles. The first kappa shape index (κ1) is 27.7. The van der Waals surface area contributed by atoms with Gasteiger partial charge in [0.2, 0.25) is 5.91 Å². The number of carbonyl (C=O) groups is 1. The second kappa shape index (κ2) is 13.5. The molecule has 1 saturated carbocycles. The highest BCUT2D eigenvalue weighted by atomic mass is 35.5. The van der Waals surface area contributed by atoms with Crippen molar-refractivity contribution in [3.8, 4) is 0 Å². The zero-order valence-corrected chi connectivity index (χ0v) is 23.2. The minimum absolute atomic E-state index is 0. The number of fused-ring (bicyclic) bond motifs is 1. The maximum absolute atomic E-state index is 13.3. The number of aryl methyl sites for hydroxylation is 1. The molecule has 1 saturated heterocycles. The topological polar surface area (TPSA) is 46.1 Å². The third-order valence-electron chi connectivity index (χ3n) is 8.54. The van der Waals surface area contributed by atoms with Crippen LogP contribution >= 0.6 is 12.4 Å². The van der Waals surface area contributed by atoms with Gasteiger partial charge in [0.1, 0.15) is 0 Å². The van der Waals surface area contributed by atoms with Gasteiger partial charge in [0.25, 0.3) is 0 Å². The number of piperidine rings is 1. The van der Waals surface area contributed by atoms with Gasteiger partial charge >= 0.3 is 0 Å². The van der Waals surface area contributed by atoms with E-state index in [-0.39, 0.29) is 24.2 Å². The van der Waals surface area contributed by atoms with E-state index in [2.05, 4.69) is 76.9 Å². The predicted octanol–water partition coefficient (Wildman–Crippen LogP) is 6.98. The summed E-state index contributed by atoms with van der Waals surface area (Å²) in [7, 11) is 0. The summed E-state index contributed by atoms with van der Waals surface area (Å²) in [6.45, 7) is 6.24. The number of aromatic nitrogens is 1. The number of rotatable bonds is 9. The third kappa shape index (κ3) is 7.18. The van der Waals surface area contributed by atoms with Crippen molar-refractivity contribution in [3.05, 3.63) is 71.4 Å². The summed E-state index contributed by atoms with van der Waals surface area (Å²) < 4.78 is 2.48. The highest BCUT2D eigenvalue weighted by Crippen LogP contribution is 2.36. The number of carbonyl (C=O) groups excluding carboxylic acids is 1. The molecule has 1 atom stereocenters. The Balaban J connectivity index is 0.00000320. The molecule has 1 aliphatic heterocycles. The summed E-state index contributed by atoms with van der Waals surface area (Å²) in [5.74, 6) is 1.72. The van der Waals surface area contributed by atoms with Gasteiger partial charge in [-0.3, -0.25) is 4.79 Å². The van der Waals surface area contributed by atoms with E-state index < -0.39 is 0 Å². The van der Waals surface area contributed by atoms with Gasteiger partial charge in [-0.15, -0.1) is 12.4 Å². The molecule has 2 heterocycles. The molecule has 0 spiro atoms. The number of hydrogen-bond acceptors (Lipinski definition) is 2. The van der Waals surface area contributed by atoms with Crippen LogP contribution in [0, 0.1) is 18.8 Å². The highest BCUT2D eigenvalue weighted by molar-refractivity contribution is 5.86. The van der Waals surface area contributed by atoms with Gasteiger partial charge in [-0.1, -0.05) is 67.3 Å². The van der Waals surface area contributed by atoms with E-state index in [0.717, 1.165) is 44.4 Å². The maximum Gasteiger partial charge on any atom is 0.220 e. The van der Waals surface area contributed by atoms with Crippen molar-refractivity contribution in [2.75, 3.05) is 19.6 Å². The van der Waals surface area contributed by atoms with Crippen LogP contribution in [0.15, 0.2) is 54.7 Å². The standard InChI is InChI=1S/C32H43N3O.ClH/c1-24-8-7-11-27(20-24)29(21-32(36)34-19-16-25-14-17-33-18-15-25)30-23-35(22-26-9-3-2-4-10-26)31-13-6-5-12-28(30)31;/h5-8,11-13,20,23,25-26,29,33H,2-4,9-10,14-19,21-22H2,1H3,(H,34,36);1H. The van der Waals surface area contributed by atoms with Crippen LogP contribution in [0.2, 0.25) is 0 Å². The number of benzene rings is 2. The summed E-state index contributed by atoms with van der Waals surface area (Å²) in [4.78, 5) is 13.3. The van der Waals surface area contributed by atoms with Crippen molar-refractivity contribution in [2.45, 2.75) is 77.2 Å². The SMILES string of the molecule is Cc1cccc(C(CC(=O)NCCC2CCNCC2)c2cn(CC3CCCCC3)c3ccccc23)c1.Cl. The van der Waals surface area contributed by atoms with Crippen LogP contribution in [0.5, 0.6) is 0 Å². The molecule has 1 aromatic heterocycles. The van der Waals surface area contributed by atoms with E-state index in [9.17, 15) is 4.79 Å². The van der Waals surface area contributed by atoms with Gasteiger partial charge in [0.05, 0.1) is 0 Å². The maximum atomic E-state index is 13.3. The number of hydrogen-bond donors (Lipinski definition) is 2. The molecule has 1 amide bonds. The zero-order valence-electron chi connectivity index (χ0n) is 22.4. The fourth-order valence-electron chi connectivity index (χ4n) is 6.49. The minimum atomic E-state index is 0. The Morgan fingerprint density at radius 3 is 2.57 bits per heavy atom. The molecule has 5 heteroatoms. The average Bonchev–Trinajstić information content (AvgIpc) is 3.26. The lowest BCUT2D eigenvalue weighted by molar-refractivity contribution is -0.121. The van der Waals surface area contributed by atoms with Gasteiger partial charge in [-0.2, -0.15) is 0 Å². The van der Waals surface area contributed by atoms with Crippen molar-refractivity contribution in [3.63, 3.8) is 0 Å². The Kier molecular flexibility index (Phi) is 10.1. The van der Waals surface area contributed by atoms with E-state index >= 15 is 0 Å². The smallest absolute Gasteiger partial charge is 0.220 e. The summed E-state index contributed by atoms with van der Waals surface area (Å²) in [5.41, 5.74) is 5.08. The van der Waals surface area contributed by atoms with Gasteiger partial charge in [-0.25, -0.2) is 0 Å². The van der Waals surface area contributed by atoms with Crippen molar-refractivity contribution < 1.29 is 4.79 Å². The van der Waals surface area contributed by atoms with Crippen LogP contribution < -0.4 is 10.6 Å². The molecular formula is C32H44ClN3O. The third-order valence-corrected chi connectivity index (χ3v) is 8.54. The zero-order chi connectivity index (χ0) is 24.7. The molecule has 0 bridgehead atoms. The average molecular weight is 522 g/mol. The van der Waals surface area contributed by atoms with Crippen molar-refractivity contribution in [1.29, 1.82) is 0 Å². The molecule has 1 aliphatic carbocycles. The number of halogens is 1. The molecule has 200 valence electrons. The van der Waals surface area contributed by atoms with Gasteiger partial charge in [0, 0.05) is 42.5 Å². The summed E-state index contributed by atoms with van der Waals surface area (Å²) >= 11 is 0. The first-order valence-electron chi connectivity index (χ1n) is 14.3. The van der Waals surface area contributed by atoms with Gasteiger partial charge in [-0.05, 0) is 81.1 Å². The fraction of sp³-hybridized carbons (Fsp3) is 0.531. The second-order valence-corrected chi connectivity index (χ2v) is 11.3. The van der Waals surface area contributed by atoms with E-state index in [1.807, 2.05) is 0 Å². The summed E-state index contributed by atoms with van der Waals surface area (Å²) in [6.07, 6.45) is 13.2. The van der Waals surface area contributed by atoms with Crippen LogP contribution in [-0.2, 0) is 11.3 Å². The molecule has 0 radical (unpaired) electrons. The minimum Gasteiger partial charge on any atom is -0.356 e. The lowest BCUT2D eigenvalue weighted by Gasteiger charge is -2.23. The Morgan fingerprint density at radius 2 is 1.78 bits per heavy atom. The van der Waals surface area contributed by atoms with Crippen LogP contribution in [0.3, 0.4) is 0 Å². The lowest BCUT2D eigenvalue weighted by atomic mass is 9.87. The number of amides is 1. The number of nitrogens with one attached hydrogen (secondary N) is 2. The summed E-state index contributed by atoms with van der Waals surface area (Å²) in [6, 6.07) is 17.5. The molecule has 3 aromatic rings. The van der Waals surface area contributed by atoms with E-state index in [0.29, 0.717) is 6.42 Å². The second-order valence-electron chi connectivity index (χ2n) is 11.3. The molecule has 2 aliphatic rings. The van der Waals surface area contributed by atoms with Gasteiger partial charge < -0.3 is 15.2 Å². The highest BCUT2D eigenvalue weighted by Gasteiger charge is 2.24. The van der Waals surface area contributed by atoms with Crippen molar-refractivity contribution in [2.24, 2.45) is 11.8 Å². The van der Waals surface area contributed by atoms with Crippen molar-refractivity contribution in [1.82, 2.24) is 15.2 Å². The van der Waals surface area contributed by atoms with E-state index in [1.165, 1.54) is 72.5 Å². The normalized spacial score (nSPS) is 17.9. The monoisotopic (exact) mass is 521 g/mol. The summed E-state index contributed by atoms with van der Waals surface area (Å²) in [5, 5.41) is 8.00. The molecular weight excluding hydrogens is 478 g/mol. The Bertz CT molecular complexity index is 1140. The number of nitrogens with zero attached hydrogens (tertiary/aromatic N) is 1. The number of para-hydroxylation sites is 1. The quantitative estimate of drug-likeness (QED) is 0.319. The molecule has 1 unspecified atom stereocenters. The van der Waals surface area contributed by atoms with Crippen LogP contribution in [-0.4, -0.2) is 30.1 Å². The fourth-order valence-corrected chi connectivity index (χ4v) is 6.49. The van der Waals surface area contributed by atoms with E-state index in [4.69, 9.17) is 0 Å². The van der Waals surface area contributed by atoms with Gasteiger partial charge in [0.15, 0.2) is 0 Å². The first-order valence-corrected chi connectivity index (χ1v) is 14.3. The Hall–Kier alpha value is -2.30. The van der Waals surface area contributed by atoms with E-state index in [1.54, 1.807) is 0 Å². The van der Waals surface area contributed by atoms with Crippen LogP contribution in [0.25, 0.3) is 10.9 Å². The molecule has 2 N–H and O–H groups in total.